The van der Waals surface area contributed by atoms with Crippen LogP contribution in [0, 0.1) is 6.92 Å². The van der Waals surface area contributed by atoms with Crippen LogP contribution in [-0.2, 0) is 9.63 Å². The minimum atomic E-state index is -0.703. The first-order valence-corrected chi connectivity index (χ1v) is 11.8. The fraction of sp³-hybridized carbons (Fsp3) is 0.227. The van der Waals surface area contributed by atoms with Crippen LogP contribution in [0.2, 0.25) is 10.0 Å². The Balaban J connectivity index is 1.85. The Morgan fingerprint density at radius 1 is 1.17 bits per heavy atom. The summed E-state index contributed by atoms with van der Waals surface area (Å²) in [7, 11) is 0. The third-order valence-corrected chi connectivity index (χ3v) is 5.35. The van der Waals surface area contributed by atoms with E-state index in [1.807, 2.05) is 0 Å². The lowest BCUT2D eigenvalue weighted by molar-refractivity contribution is -0.127. The van der Waals surface area contributed by atoms with Crippen LogP contribution < -0.4 is 16.1 Å². The van der Waals surface area contributed by atoms with Gasteiger partial charge in [0, 0.05) is 23.3 Å². The van der Waals surface area contributed by atoms with E-state index in [0.29, 0.717) is 15.2 Å². The van der Waals surface area contributed by atoms with Gasteiger partial charge in [0.05, 0.1) is 16.3 Å². The number of carbonyl (C=O) groups excluding carboxylic acids is 3. The number of hydrogen-bond acceptors (Lipinski definition) is 6. The number of amides is 3. The van der Waals surface area contributed by atoms with Crippen molar-refractivity contribution in [3.05, 3.63) is 68.0 Å². The molecule has 3 rings (SSSR count). The summed E-state index contributed by atoms with van der Waals surface area (Å²) in [6.45, 7) is 4.89. The maximum absolute atomic E-state index is 13.2. The van der Waals surface area contributed by atoms with Gasteiger partial charge in [0.1, 0.15) is 10.3 Å². The molecule has 1 aromatic carbocycles. The average molecular weight is 584 g/mol. The Morgan fingerprint density at radius 3 is 2.60 bits per heavy atom. The predicted octanol–water partition coefficient (Wildman–Crippen LogP) is 4.08. The highest BCUT2D eigenvalue weighted by Gasteiger charge is 2.22. The van der Waals surface area contributed by atoms with Gasteiger partial charge in [0.2, 0.25) is 5.91 Å². The summed E-state index contributed by atoms with van der Waals surface area (Å²) in [6, 6.07) is 7.65. The van der Waals surface area contributed by atoms with E-state index in [1.54, 1.807) is 39.0 Å². The highest BCUT2D eigenvalue weighted by molar-refractivity contribution is 9.10. The number of nitrogens with zero attached hydrogens (tertiary/aromatic N) is 3. The molecule has 10 nitrogen and oxygen atoms in total. The summed E-state index contributed by atoms with van der Waals surface area (Å²) >= 11 is 15.6. The number of aromatic nitrogens is 3. The van der Waals surface area contributed by atoms with Gasteiger partial charge in [-0.25, -0.2) is 15.1 Å². The van der Waals surface area contributed by atoms with Crippen LogP contribution in [0.1, 0.15) is 40.3 Å². The number of carbonyl (C=O) groups is 3. The van der Waals surface area contributed by atoms with Crippen molar-refractivity contribution in [1.82, 2.24) is 25.6 Å². The van der Waals surface area contributed by atoms with E-state index in [0.717, 1.165) is 0 Å². The number of aryl methyl sites for hydroxylation is 1. The van der Waals surface area contributed by atoms with E-state index < -0.39 is 17.7 Å². The first kappa shape index (κ1) is 26.6. The molecule has 3 amide bonds. The smallest absolute Gasteiger partial charge is 0.277 e. The third-order valence-electron chi connectivity index (χ3n) is 4.45. The minimum absolute atomic E-state index is 0.0358. The third kappa shape index (κ3) is 6.79. The number of hydroxylamine groups is 1. The van der Waals surface area contributed by atoms with Crippen molar-refractivity contribution in [3.8, 4) is 5.82 Å². The summed E-state index contributed by atoms with van der Waals surface area (Å²) in [5.74, 6) is -1.43. The molecule has 3 N–H and O–H groups in total. The quantitative estimate of drug-likeness (QED) is 0.343. The first-order chi connectivity index (χ1) is 16.6. The number of anilines is 1. The molecule has 2 heterocycles. The molecule has 0 bridgehead atoms. The van der Waals surface area contributed by atoms with Crippen molar-refractivity contribution in [2.75, 3.05) is 11.9 Å². The van der Waals surface area contributed by atoms with E-state index in [4.69, 9.17) is 28.0 Å². The molecule has 2 aromatic heterocycles. The second-order valence-electron chi connectivity index (χ2n) is 7.61. The van der Waals surface area contributed by atoms with Gasteiger partial charge in [-0.2, -0.15) is 5.10 Å². The Morgan fingerprint density at radius 2 is 1.91 bits per heavy atom. The minimum Gasteiger partial charge on any atom is -0.352 e. The summed E-state index contributed by atoms with van der Waals surface area (Å²) in [5, 5.41) is 10.2. The number of benzene rings is 1. The van der Waals surface area contributed by atoms with E-state index in [9.17, 15) is 14.4 Å². The maximum atomic E-state index is 13.2. The molecule has 0 fully saturated rings. The molecular weight excluding hydrogens is 563 g/mol. The van der Waals surface area contributed by atoms with Crippen LogP contribution in [0.5, 0.6) is 0 Å². The largest absolute Gasteiger partial charge is 0.352 e. The van der Waals surface area contributed by atoms with Gasteiger partial charge in [-0.1, -0.05) is 23.2 Å². The van der Waals surface area contributed by atoms with Crippen molar-refractivity contribution >= 4 is 62.5 Å². The summed E-state index contributed by atoms with van der Waals surface area (Å²) in [6.07, 6.45) is 1.52. The zero-order valence-corrected chi connectivity index (χ0v) is 22.0. The lowest BCUT2D eigenvalue weighted by Gasteiger charge is -2.15. The van der Waals surface area contributed by atoms with E-state index in [2.05, 4.69) is 42.1 Å². The van der Waals surface area contributed by atoms with Gasteiger partial charge in [-0.05, 0) is 66.5 Å². The van der Waals surface area contributed by atoms with E-state index in [-0.39, 0.29) is 40.4 Å². The number of halogens is 3. The second-order valence-corrected chi connectivity index (χ2v) is 9.27. The maximum Gasteiger partial charge on any atom is 0.277 e. The number of hydrogen-bond donors (Lipinski definition) is 3. The summed E-state index contributed by atoms with van der Waals surface area (Å²) < 4.78 is 1.66. The predicted molar refractivity (Wildman–Crippen MR) is 135 cm³/mol. The lowest BCUT2D eigenvalue weighted by atomic mass is 10.1. The first-order valence-electron chi connectivity index (χ1n) is 10.3. The van der Waals surface area contributed by atoms with Crippen LogP contribution >= 0.6 is 39.1 Å². The monoisotopic (exact) mass is 582 g/mol. The van der Waals surface area contributed by atoms with Gasteiger partial charge in [-0.15, -0.1) is 0 Å². The SMILES string of the molecule is Cc1cc(Cl)cc(C(=O)NOCC(=O)NC(C)C)c1NC(=O)c1cc(Br)nn1-c1ncccc1Cl. The Bertz CT molecular complexity index is 1280. The summed E-state index contributed by atoms with van der Waals surface area (Å²) in [5.41, 5.74) is 3.06. The van der Waals surface area contributed by atoms with Crippen molar-refractivity contribution in [1.29, 1.82) is 0 Å². The van der Waals surface area contributed by atoms with E-state index in [1.165, 1.54) is 23.0 Å². The van der Waals surface area contributed by atoms with Gasteiger partial charge < -0.3 is 10.6 Å². The van der Waals surface area contributed by atoms with Crippen LogP contribution in [0.15, 0.2) is 41.1 Å². The molecule has 0 radical (unpaired) electrons. The number of rotatable bonds is 8. The van der Waals surface area contributed by atoms with Crippen molar-refractivity contribution in [2.24, 2.45) is 0 Å². The normalized spacial score (nSPS) is 10.8. The fourth-order valence-corrected chi connectivity index (χ4v) is 3.91. The molecule has 13 heteroatoms. The van der Waals surface area contributed by atoms with E-state index >= 15 is 0 Å². The zero-order valence-electron chi connectivity index (χ0n) is 18.9. The highest BCUT2D eigenvalue weighted by atomic mass is 79.9. The van der Waals surface area contributed by atoms with Crippen molar-refractivity contribution in [3.63, 3.8) is 0 Å². The topological polar surface area (TPSA) is 127 Å². The molecule has 0 spiro atoms. The van der Waals surface area contributed by atoms with Gasteiger partial charge in [0.15, 0.2) is 12.4 Å². The van der Waals surface area contributed by atoms with Gasteiger partial charge >= 0.3 is 0 Å². The molecule has 0 aliphatic rings. The van der Waals surface area contributed by atoms with Crippen LogP contribution in [0.25, 0.3) is 5.82 Å². The highest BCUT2D eigenvalue weighted by Crippen LogP contribution is 2.27. The zero-order chi connectivity index (χ0) is 25.7. The standard InChI is InChI=1S/C22H21BrCl2N6O4/c1-11(2)27-18(32)10-35-30-21(33)14-8-13(24)7-12(3)19(14)28-22(34)16-9-17(23)29-31(16)20-15(25)5-4-6-26-20/h4-9,11H,10H2,1-3H3,(H,27,32)(H,28,34)(H,30,33). The Kier molecular flexibility index (Phi) is 8.84. The van der Waals surface area contributed by atoms with Crippen LogP contribution in [0.4, 0.5) is 5.69 Å². The molecule has 3 aromatic rings. The number of pyridine rings is 1. The van der Waals surface area contributed by atoms with Gasteiger partial charge in [0.25, 0.3) is 11.8 Å². The molecule has 0 unspecified atom stereocenters. The molecule has 0 saturated heterocycles. The molecule has 35 heavy (non-hydrogen) atoms. The Labute approximate surface area is 219 Å². The average Bonchev–Trinajstić information content (AvgIpc) is 3.16. The van der Waals surface area contributed by atoms with Crippen LogP contribution in [0.3, 0.4) is 0 Å². The molecule has 0 aliphatic carbocycles. The fourth-order valence-electron chi connectivity index (χ4n) is 3.06. The molecule has 0 aliphatic heterocycles. The van der Waals surface area contributed by atoms with Crippen molar-refractivity contribution in [2.45, 2.75) is 26.8 Å². The molecule has 184 valence electrons. The lowest BCUT2D eigenvalue weighted by Crippen LogP contribution is -2.36. The number of nitrogens with one attached hydrogen (secondary N) is 3. The molecule has 0 saturated carbocycles. The molecule has 0 atom stereocenters. The van der Waals surface area contributed by atoms with Crippen LogP contribution in [-0.4, -0.2) is 45.1 Å². The second kappa shape index (κ2) is 11.6. The molecular formula is C22H21BrCl2N6O4. The summed E-state index contributed by atoms with van der Waals surface area (Å²) in [4.78, 5) is 47.0. The van der Waals surface area contributed by atoms with Gasteiger partial charge in [-0.3, -0.25) is 19.2 Å². The Hall–Kier alpha value is -2.99. The van der Waals surface area contributed by atoms with Crippen molar-refractivity contribution < 1.29 is 19.2 Å².